The van der Waals surface area contributed by atoms with Gasteiger partial charge < -0.3 is 4.74 Å². The standard InChI is InChI=1S/C17H26O2/c1-4-5-6-7-8-14(2)13-15-9-11-16(12-10-15)17(18)19-3/h9-12,14H,4-8,13H2,1-3H3. The number of carbonyl (C=O) groups is 1. The first kappa shape index (κ1) is 15.7. The van der Waals surface area contributed by atoms with E-state index in [1.54, 1.807) is 0 Å². The van der Waals surface area contributed by atoms with Crippen molar-refractivity contribution in [3.63, 3.8) is 0 Å². The zero-order valence-electron chi connectivity index (χ0n) is 12.4. The van der Waals surface area contributed by atoms with E-state index in [2.05, 4.69) is 13.8 Å². The highest BCUT2D eigenvalue weighted by Gasteiger charge is 2.07. The van der Waals surface area contributed by atoms with Crippen LogP contribution in [0.15, 0.2) is 24.3 Å². The molecule has 0 radical (unpaired) electrons. The summed E-state index contributed by atoms with van der Waals surface area (Å²) in [5, 5.41) is 0. The normalized spacial score (nSPS) is 12.2. The average Bonchev–Trinajstić information content (AvgIpc) is 2.43. The Morgan fingerprint density at radius 2 is 1.84 bits per heavy atom. The summed E-state index contributed by atoms with van der Waals surface area (Å²) in [6.07, 6.45) is 7.70. The fourth-order valence-corrected chi connectivity index (χ4v) is 2.32. The van der Waals surface area contributed by atoms with Crippen molar-refractivity contribution in [1.29, 1.82) is 0 Å². The molecule has 19 heavy (non-hydrogen) atoms. The van der Waals surface area contributed by atoms with E-state index in [0.717, 1.165) is 6.42 Å². The van der Waals surface area contributed by atoms with E-state index in [0.29, 0.717) is 11.5 Å². The molecule has 2 heteroatoms. The number of unbranched alkanes of at least 4 members (excludes halogenated alkanes) is 3. The Balaban J connectivity index is 2.38. The van der Waals surface area contributed by atoms with E-state index < -0.39 is 0 Å². The molecule has 0 heterocycles. The molecule has 0 amide bonds. The smallest absolute Gasteiger partial charge is 0.337 e. The van der Waals surface area contributed by atoms with Crippen LogP contribution in [0, 0.1) is 5.92 Å². The van der Waals surface area contributed by atoms with Crippen molar-refractivity contribution in [1.82, 2.24) is 0 Å². The quantitative estimate of drug-likeness (QED) is 0.504. The second-order valence-corrected chi connectivity index (χ2v) is 5.35. The number of ether oxygens (including phenoxy) is 1. The van der Waals surface area contributed by atoms with Crippen LogP contribution < -0.4 is 0 Å². The Bertz CT molecular complexity index is 367. The number of methoxy groups -OCH3 is 1. The molecule has 0 fully saturated rings. The third kappa shape index (κ3) is 5.91. The molecule has 0 saturated carbocycles. The Hall–Kier alpha value is -1.31. The minimum atomic E-state index is -0.265. The van der Waals surface area contributed by atoms with Gasteiger partial charge >= 0.3 is 5.97 Å². The van der Waals surface area contributed by atoms with Crippen LogP contribution in [-0.4, -0.2) is 13.1 Å². The molecular weight excluding hydrogens is 236 g/mol. The summed E-state index contributed by atoms with van der Waals surface area (Å²) >= 11 is 0. The van der Waals surface area contributed by atoms with Gasteiger partial charge in [-0.1, -0.05) is 58.1 Å². The largest absolute Gasteiger partial charge is 0.465 e. The molecule has 0 aliphatic carbocycles. The molecule has 0 N–H and O–H groups in total. The van der Waals surface area contributed by atoms with Gasteiger partial charge in [0.25, 0.3) is 0 Å². The predicted octanol–water partition coefficient (Wildman–Crippen LogP) is 4.62. The lowest BCUT2D eigenvalue weighted by Gasteiger charge is -2.11. The third-order valence-electron chi connectivity index (χ3n) is 3.51. The van der Waals surface area contributed by atoms with Gasteiger partial charge in [-0.05, 0) is 30.0 Å². The molecule has 1 unspecified atom stereocenters. The Morgan fingerprint density at radius 3 is 2.42 bits per heavy atom. The van der Waals surface area contributed by atoms with Crippen molar-refractivity contribution >= 4 is 5.97 Å². The van der Waals surface area contributed by atoms with Crippen LogP contribution in [-0.2, 0) is 11.2 Å². The Labute approximate surface area is 117 Å². The van der Waals surface area contributed by atoms with Crippen molar-refractivity contribution in [3.05, 3.63) is 35.4 Å². The summed E-state index contributed by atoms with van der Waals surface area (Å²) in [5.74, 6) is 0.444. The van der Waals surface area contributed by atoms with Crippen LogP contribution in [0.1, 0.15) is 61.9 Å². The highest BCUT2D eigenvalue weighted by atomic mass is 16.5. The van der Waals surface area contributed by atoms with Gasteiger partial charge in [-0.3, -0.25) is 0 Å². The summed E-state index contributed by atoms with van der Waals surface area (Å²) in [6, 6.07) is 7.78. The number of esters is 1. The average molecular weight is 262 g/mol. The van der Waals surface area contributed by atoms with Gasteiger partial charge in [0.05, 0.1) is 12.7 Å². The minimum absolute atomic E-state index is 0.265. The molecule has 2 nitrogen and oxygen atoms in total. The maximum atomic E-state index is 11.3. The minimum Gasteiger partial charge on any atom is -0.465 e. The first-order chi connectivity index (χ1) is 9.17. The van der Waals surface area contributed by atoms with E-state index in [1.807, 2.05) is 24.3 Å². The molecule has 0 aliphatic heterocycles. The topological polar surface area (TPSA) is 26.3 Å². The second-order valence-electron chi connectivity index (χ2n) is 5.35. The zero-order chi connectivity index (χ0) is 14.1. The number of hydrogen-bond donors (Lipinski definition) is 0. The molecule has 1 aromatic carbocycles. The first-order valence-electron chi connectivity index (χ1n) is 7.34. The zero-order valence-corrected chi connectivity index (χ0v) is 12.4. The van der Waals surface area contributed by atoms with Crippen molar-refractivity contribution < 1.29 is 9.53 Å². The molecular formula is C17H26O2. The predicted molar refractivity (Wildman–Crippen MR) is 79.4 cm³/mol. The highest BCUT2D eigenvalue weighted by Crippen LogP contribution is 2.16. The maximum Gasteiger partial charge on any atom is 0.337 e. The molecule has 106 valence electrons. The lowest BCUT2D eigenvalue weighted by Crippen LogP contribution is -2.03. The SMILES string of the molecule is CCCCCCC(C)Cc1ccc(C(=O)OC)cc1. The number of benzene rings is 1. The van der Waals surface area contributed by atoms with Crippen LogP contribution in [0.25, 0.3) is 0 Å². The van der Waals surface area contributed by atoms with Crippen molar-refractivity contribution in [3.8, 4) is 0 Å². The first-order valence-corrected chi connectivity index (χ1v) is 7.34. The van der Waals surface area contributed by atoms with Crippen LogP contribution in [0.2, 0.25) is 0 Å². The van der Waals surface area contributed by atoms with Gasteiger partial charge in [-0.2, -0.15) is 0 Å². The van der Waals surface area contributed by atoms with Gasteiger partial charge in [-0.25, -0.2) is 4.79 Å². The van der Waals surface area contributed by atoms with Gasteiger partial charge in [0.15, 0.2) is 0 Å². The van der Waals surface area contributed by atoms with Crippen LogP contribution in [0.5, 0.6) is 0 Å². The van der Waals surface area contributed by atoms with Gasteiger partial charge in [0, 0.05) is 0 Å². The van der Waals surface area contributed by atoms with Gasteiger partial charge in [0.1, 0.15) is 0 Å². The van der Waals surface area contributed by atoms with Crippen molar-refractivity contribution in [2.45, 2.75) is 52.4 Å². The van der Waals surface area contributed by atoms with Crippen molar-refractivity contribution in [2.75, 3.05) is 7.11 Å². The summed E-state index contributed by atoms with van der Waals surface area (Å²) in [7, 11) is 1.41. The van der Waals surface area contributed by atoms with E-state index >= 15 is 0 Å². The molecule has 0 aliphatic rings. The van der Waals surface area contributed by atoms with Crippen LogP contribution in [0.3, 0.4) is 0 Å². The molecule has 0 saturated heterocycles. The third-order valence-corrected chi connectivity index (χ3v) is 3.51. The van der Waals surface area contributed by atoms with Crippen molar-refractivity contribution in [2.24, 2.45) is 5.92 Å². The van der Waals surface area contributed by atoms with E-state index in [4.69, 9.17) is 4.74 Å². The number of carbonyl (C=O) groups excluding carboxylic acids is 1. The second kappa shape index (κ2) is 8.73. The van der Waals surface area contributed by atoms with Crippen LogP contribution in [0.4, 0.5) is 0 Å². The van der Waals surface area contributed by atoms with E-state index in [-0.39, 0.29) is 5.97 Å². The summed E-state index contributed by atoms with van der Waals surface area (Å²) in [6.45, 7) is 4.55. The molecule has 1 atom stereocenters. The van der Waals surface area contributed by atoms with Crippen LogP contribution >= 0.6 is 0 Å². The fourth-order valence-electron chi connectivity index (χ4n) is 2.32. The molecule has 1 aromatic rings. The Kier molecular flexibility index (Phi) is 7.24. The van der Waals surface area contributed by atoms with E-state index in [9.17, 15) is 4.79 Å². The summed E-state index contributed by atoms with van der Waals surface area (Å²) < 4.78 is 4.69. The molecule has 0 aromatic heterocycles. The monoisotopic (exact) mass is 262 g/mol. The maximum absolute atomic E-state index is 11.3. The van der Waals surface area contributed by atoms with Gasteiger partial charge in [-0.15, -0.1) is 0 Å². The fraction of sp³-hybridized carbons (Fsp3) is 0.588. The molecule has 0 bridgehead atoms. The Morgan fingerprint density at radius 1 is 1.16 bits per heavy atom. The summed E-state index contributed by atoms with van der Waals surface area (Å²) in [5.41, 5.74) is 1.93. The van der Waals surface area contributed by atoms with E-state index in [1.165, 1.54) is 44.8 Å². The lowest BCUT2D eigenvalue weighted by molar-refractivity contribution is 0.0600. The molecule has 1 rings (SSSR count). The lowest BCUT2D eigenvalue weighted by atomic mass is 9.95. The summed E-state index contributed by atoms with van der Waals surface area (Å²) in [4.78, 5) is 11.3. The number of hydrogen-bond acceptors (Lipinski definition) is 2. The highest BCUT2D eigenvalue weighted by molar-refractivity contribution is 5.89. The molecule has 0 spiro atoms. The van der Waals surface area contributed by atoms with Gasteiger partial charge in [0.2, 0.25) is 0 Å². The number of rotatable bonds is 8.